The fraction of sp³-hybridized carbons (Fsp3) is 0.368. The van der Waals surface area contributed by atoms with Crippen LogP contribution >= 0.6 is 11.6 Å². The zero-order valence-corrected chi connectivity index (χ0v) is 12.9. The smallest absolute Gasteiger partial charge is 0.104 e. The van der Waals surface area contributed by atoms with Crippen LogP contribution in [0, 0.1) is 0 Å². The van der Waals surface area contributed by atoms with E-state index < -0.39 is 6.10 Å². The normalized spacial score (nSPS) is 17.6. The van der Waals surface area contributed by atoms with Crippen molar-refractivity contribution in [3.63, 3.8) is 0 Å². The Bertz CT molecular complexity index is 568. The average molecular weight is 301 g/mol. The first-order chi connectivity index (χ1) is 10.2. The van der Waals surface area contributed by atoms with Crippen LogP contribution in [0.3, 0.4) is 0 Å². The van der Waals surface area contributed by atoms with E-state index in [-0.39, 0.29) is 0 Å². The van der Waals surface area contributed by atoms with E-state index in [0.717, 1.165) is 11.1 Å². The highest BCUT2D eigenvalue weighted by Gasteiger charge is 2.16. The van der Waals surface area contributed by atoms with Gasteiger partial charge in [-0.3, -0.25) is 0 Å². The number of aliphatic hydroxyl groups is 1. The second-order valence-corrected chi connectivity index (χ2v) is 6.39. The van der Waals surface area contributed by atoms with Crippen LogP contribution in [0.4, 0.5) is 0 Å². The van der Waals surface area contributed by atoms with Crippen molar-refractivity contribution in [2.75, 3.05) is 0 Å². The summed E-state index contributed by atoms with van der Waals surface area (Å²) in [6.07, 6.45) is 6.10. The maximum absolute atomic E-state index is 10.4. The van der Waals surface area contributed by atoms with Gasteiger partial charge in [0.2, 0.25) is 0 Å². The molecule has 1 aliphatic rings. The first-order valence-corrected chi connectivity index (χ1v) is 8.15. The van der Waals surface area contributed by atoms with Crippen molar-refractivity contribution in [1.82, 2.24) is 0 Å². The van der Waals surface area contributed by atoms with E-state index in [0.29, 0.717) is 10.9 Å². The Morgan fingerprint density at radius 2 is 1.33 bits per heavy atom. The molecule has 3 rings (SSSR count). The summed E-state index contributed by atoms with van der Waals surface area (Å²) in [4.78, 5) is 0. The van der Waals surface area contributed by atoms with Gasteiger partial charge in [0.15, 0.2) is 0 Å². The van der Waals surface area contributed by atoms with Gasteiger partial charge in [-0.1, -0.05) is 67.3 Å². The zero-order valence-electron chi connectivity index (χ0n) is 12.1. The van der Waals surface area contributed by atoms with Crippen LogP contribution in [0.5, 0.6) is 0 Å². The number of aliphatic hydroxyl groups excluding tert-OH is 1. The summed E-state index contributed by atoms with van der Waals surface area (Å²) < 4.78 is 0. The summed E-state index contributed by atoms with van der Waals surface area (Å²) in [5, 5.41) is 11.1. The number of halogens is 1. The van der Waals surface area contributed by atoms with Crippen molar-refractivity contribution in [2.24, 2.45) is 0 Å². The van der Waals surface area contributed by atoms with E-state index in [9.17, 15) is 5.11 Å². The molecule has 0 amide bonds. The largest absolute Gasteiger partial charge is 0.384 e. The van der Waals surface area contributed by atoms with Crippen LogP contribution in [-0.4, -0.2) is 5.11 Å². The molecule has 2 aromatic carbocycles. The number of hydrogen-bond acceptors (Lipinski definition) is 1. The Hall–Kier alpha value is -1.31. The lowest BCUT2D eigenvalue weighted by molar-refractivity contribution is 0.220. The molecule has 0 saturated heterocycles. The van der Waals surface area contributed by atoms with Gasteiger partial charge in [0, 0.05) is 5.02 Å². The topological polar surface area (TPSA) is 20.2 Å². The fourth-order valence-corrected chi connectivity index (χ4v) is 3.35. The molecule has 1 aliphatic carbocycles. The molecular formula is C19H21ClO. The first-order valence-electron chi connectivity index (χ1n) is 7.77. The van der Waals surface area contributed by atoms with Gasteiger partial charge in [-0.15, -0.1) is 0 Å². The lowest BCUT2D eigenvalue weighted by Crippen LogP contribution is -2.05. The highest BCUT2D eigenvalue weighted by molar-refractivity contribution is 6.30. The predicted octanol–water partition coefficient (Wildman–Crippen LogP) is 5.47. The highest BCUT2D eigenvalue weighted by atomic mass is 35.5. The van der Waals surface area contributed by atoms with Gasteiger partial charge in [-0.2, -0.15) is 0 Å². The van der Waals surface area contributed by atoms with Crippen molar-refractivity contribution >= 4 is 11.6 Å². The second kappa shape index (κ2) is 6.64. The molecule has 2 aromatic rings. The fourth-order valence-electron chi connectivity index (χ4n) is 3.22. The summed E-state index contributed by atoms with van der Waals surface area (Å²) in [5.74, 6) is 0.709. The van der Waals surface area contributed by atoms with Gasteiger partial charge in [-0.25, -0.2) is 0 Å². The second-order valence-electron chi connectivity index (χ2n) is 5.96. The molecule has 0 aromatic heterocycles. The quantitative estimate of drug-likeness (QED) is 0.797. The third-order valence-electron chi connectivity index (χ3n) is 4.51. The van der Waals surface area contributed by atoms with Crippen molar-refractivity contribution in [3.05, 3.63) is 70.2 Å². The van der Waals surface area contributed by atoms with E-state index in [2.05, 4.69) is 24.3 Å². The Balaban J connectivity index is 1.75. The van der Waals surface area contributed by atoms with Crippen LogP contribution in [0.15, 0.2) is 48.5 Å². The van der Waals surface area contributed by atoms with E-state index in [4.69, 9.17) is 11.6 Å². The van der Waals surface area contributed by atoms with Crippen molar-refractivity contribution in [3.8, 4) is 0 Å². The van der Waals surface area contributed by atoms with Gasteiger partial charge >= 0.3 is 0 Å². The van der Waals surface area contributed by atoms with Crippen LogP contribution in [0.1, 0.15) is 60.8 Å². The van der Waals surface area contributed by atoms with E-state index in [1.807, 2.05) is 24.3 Å². The van der Waals surface area contributed by atoms with Crippen molar-refractivity contribution < 1.29 is 5.11 Å². The molecule has 0 bridgehead atoms. The molecule has 0 radical (unpaired) electrons. The molecule has 1 unspecified atom stereocenters. The van der Waals surface area contributed by atoms with Gasteiger partial charge in [0.25, 0.3) is 0 Å². The maximum Gasteiger partial charge on any atom is 0.104 e. The van der Waals surface area contributed by atoms with Gasteiger partial charge in [0.1, 0.15) is 6.10 Å². The Labute approximate surface area is 131 Å². The Kier molecular flexibility index (Phi) is 4.62. The minimum Gasteiger partial charge on any atom is -0.384 e. The molecule has 0 heterocycles. The standard InChI is InChI=1S/C19H21ClO/c20-18-12-10-17(11-13-18)19(21)16-8-6-15(7-9-16)14-4-2-1-3-5-14/h6-14,19,21H,1-5H2. The summed E-state index contributed by atoms with van der Waals surface area (Å²) in [7, 11) is 0. The van der Waals surface area contributed by atoms with Crippen LogP contribution < -0.4 is 0 Å². The van der Waals surface area contributed by atoms with Crippen molar-refractivity contribution in [1.29, 1.82) is 0 Å². The molecule has 1 fully saturated rings. The van der Waals surface area contributed by atoms with Crippen LogP contribution in [-0.2, 0) is 0 Å². The van der Waals surface area contributed by atoms with Crippen LogP contribution in [0.25, 0.3) is 0 Å². The minimum absolute atomic E-state index is 0.581. The Morgan fingerprint density at radius 1 is 0.810 bits per heavy atom. The predicted molar refractivity (Wildman–Crippen MR) is 87.8 cm³/mol. The average Bonchev–Trinajstić information content (AvgIpc) is 2.56. The monoisotopic (exact) mass is 300 g/mol. The lowest BCUT2D eigenvalue weighted by Gasteiger charge is -2.22. The summed E-state index contributed by atoms with van der Waals surface area (Å²) in [5.41, 5.74) is 3.24. The van der Waals surface area contributed by atoms with Crippen molar-refractivity contribution in [2.45, 2.75) is 44.1 Å². The molecule has 2 heteroatoms. The molecule has 110 valence electrons. The summed E-state index contributed by atoms with van der Waals surface area (Å²) in [6, 6.07) is 15.9. The van der Waals surface area contributed by atoms with Crippen LogP contribution in [0.2, 0.25) is 5.02 Å². The molecule has 1 N–H and O–H groups in total. The van der Waals surface area contributed by atoms with E-state index >= 15 is 0 Å². The summed E-state index contributed by atoms with van der Waals surface area (Å²) >= 11 is 5.89. The third kappa shape index (κ3) is 3.48. The lowest BCUT2D eigenvalue weighted by atomic mass is 9.83. The zero-order chi connectivity index (χ0) is 14.7. The number of hydrogen-bond donors (Lipinski definition) is 1. The molecule has 0 aliphatic heterocycles. The Morgan fingerprint density at radius 3 is 1.90 bits per heavy atom. The van der Waals surface area contributed by atoms with E-state index in [1.165, 1.54) is 37.7 Å². The SMILES string of the molecule is OC(c1ccc(Cl)cc1)c1ccc(C2CCCCC2)cc1. The third-order valence-corrected chi connectivity index (χ3v) is 4.77. The molecule has 21 heavy (non-hydrogen) atoms. The number of benzene rings is 2. The maximum atomic E-state index is 10.4. The highest BCUT2D eigenvalue weighted by Crippen LogP contribution is 2.33. The number of rotatable bonds is 3. The van der Waals surface area contributed by atoms with Gasteiger partial charge in [0.05, 0.1) is 0 Å². The van der Waals surface area contributed by atoms with Gasteiger partial charge < -0.3 is 5.11 Å². The van der Waals surface area contributed by atoms with E-state index in [1.54, 1.807) is 0 Å². The first kappa shape index (κ1) is 14.6. The minimum atomic E-state index is -0.581. The summed E-state index contributed by atoms with van der Waals surface area (Å²) in [6.45, 7) is 0. The molecular weight excluding hydrogens is 280 g/mol. The molecule has 1 nitrogen and oxygen atoms in total. The molecule has 0 spiro atoms. The van der Waals surface area contributed by atoms with Gasteiger partial charge in [-0.05, 0) is 47.6 Å². The molecule has 1 saturated carbocycles. The molecule has 1 atom stereocenters.